The average molecular weight is 215 g/mol. The molecule has 2 N–H and O–H groups in total. The van der Waals surface area contributed by atoms with Gasteiger partial charge in [0, 0.05) is 6.04 Å². The van der Waals surface area contributed by atoms with Gasteiger partial charge in [0.2, 0.25) is 0 Å². The Morgan fingerprint density at radius 2 is 2.00 bits per heavy atom. The Morgan fingerprint density at radius 1 is 1.29 bits per heavy atom. The van der Waals surface area contributed by atoms with Crippen molar-refractivity contribution in [3.63, 3.8) is 0 Å². The molecule has 1 heterocycles. The van der Waals surface area contributed by atoms with Gasteiger partial charge in [0.25, 0.3) is 0 Å². The van der Waals surface area contributed by atoms with Gasteiger partial charge < -0.3 is 5.73 Å². The van der Waals surface area contributed by atoms with E-state index in [0.717, 1.165) is 5.92 Å². The van der Waals surface area contributed by atoms with Crippen LogP contribution in [0, 0.1) is 5.92 Å². The van der Waals surface area contributed by atoms with E-state index >= 15 is 0 Å². The second-order valence-electron chi connectivity index (χ2n) is 4.55. The molecule has 1 fully saturated rings. The van der Waals surface area contributed by atoms with E-state index in [9.17, 15) is 0 Å². The Balaban J connectivity index is 2.03. The molecule has 2 heteroatoms. The van der Waals surface area contributed by atoms with E-state index in [-0.39, 0.29) is 0 Å². The van der Waals surface area contributed by atoms with Crippen LogP contribution in [0.4, 0.5) is 0 Å². The highest BCUT2D eigenvalue weighted by molar-refractivity contribution is 7.99. The molecule has 1 rings (SSSR count). The van der Waals surface area contributed by atoms with Crippen molar-refractivity contribution in [2.45, 2.75) is 57.9 Å². The lowest BCUT2D eigenvalue weighted by Crippen LogP contribution is -2.25. The highest BCUT2D eigenvalue weighted by Gasteiger charge is 2.16. The van der Waals surface area contributed by atoms with Gasteiger partial charge in [-0.1, -0.05) is 26.2 Å². The molecule has 0 aromatic rings. The minimum atomic E-state index is 0.481. The van der Waals surface area contributed by atoms with E-state index in [1.807, 2.05) is 0 Å². The smallest absolute Gasteiger partial charge is 0.00414 e. The molecule has 0 aliphatic carbocycles. The Hall–Kier alpha value is 0.310. The monoisotopic (exact) mass is 215 g/mol. The van der Waals surface area contributed by atoms with Crippen LogP contribution in [0.25, 0.3) is 0 Å². The topological polar surface area (TPSA) is 26.0 Å². The minimum absolute atomic E-state index is 0.481. The molecule has 1 aliphatic rings. The Morgan fingerprint density at radius 3 is 2.64 bits per heavy atom. The van der Waals surface area contributed by atoms with Crippen LogP contribution in [-0.4, -0.2) is 17.5 Å². The predicted molar refractivity (Wildman–Crippen MR) is 66.8 cm³/mol. The van der Waals surface area contributed by atoms with Crippen molar-refractivity contribution in [3.05, 3.63) is 0 Å². The van der Waals surface area contributed by atoms with Crippen molar-refractivity contribution in [3.8, 4) is 0 Å². The van der Waals surface area contributed by atoms with Crippen LogP contribution in [0.2, 0.25) is 0 Å². The molecule has 14 heavy (non-hydrogen) atoms. The van der Waals surface area contributed by atoms with Gasteiger partial charge in [0.15, 0.2) is 0 Å². The molecule has 0 bridgehead atoms. The standard InChI is InChI=1S/C12H25NS/c1-2-3-4-5-12(13)10-11-6-8-14-9-7-11/h11-12H,2-10,13H2,1H3. The Labute approximate surface area is 93.2 Å². The predicted octanol–water partition coefficient (Wildman–Crippen LogP) is 3.43. The molecule has 1 nitrogen and oxygen atoms in total. The maximum absolute atomic E-state index is 6.14. The van der Waals surface area contributed by atoms with Gasteiger partial charge in [0.05, 0.1) is 0 Å². The number of hydrogen-bond acceptors (Lipinski definition) is 2. The highest BCUT2D eigenvalue weighted by Crippen LogP contribution is 2.26. The van der Waals surface area contributed by atoms with E-state index in [0.29, 0.717) is 6.04 Å². The lowest BCUT2D eigenvalue weighted by Gasteiger charge is -2.24. The quantitative estimate of drug-likeness (QED) is 0.687. The largest absolute Gasteiger partial charge is 0.328 e. The summed E-state index contributed by atoms with van der Waals surface area (Å²) in [5.41, 5.74) is 6.14. The molecule has 0 aromatic carbocycles. The first-order valence-corrected chi connectivity index (χ1v) is 7.31. The molecule has 0 aromatic heterocycles. The molecular weight excluding hydrogens is 190 g/mol. The fraction of sp³-hybridized carbons (Fsp3) is 1.00. The average Bonchev–Trinajstić information content (AvgIpc) is 2.20. The van der Waals surface area contributed by atoms with Crippen LogP contribution >= 0.6 is 11.8 Å². The number of hydrogen-bond donors (Lipinski definition) is 1. The van der Waals surface area contributed by atoms with Crippen LogP contribution in [0.3, 0.4) is 0 Å². The van der Waals surface area contributed by atoms with Crippen LogP contribution in [0.15, 0.2) is 0 Å². The summed E-state index contributed by atoms with van der Waals surface area (Å²) in [6.07, 6.45) is 9.35. The number of thioether (sulfide) groups is 1. The molecule has 0 radical (unpaired) electrons. The summed E-state index contributed by atoms with van der Waals surface area (Å²) in [6, 6.07) is 0.481. The maximum Gasteiger partial charge on any atom is 0.00414 e. The summed E-state index contributed by atoms with van der Waals surface area (Å²) in [7, 11) is 0. The normalized spacial score (nSPS) is 21.0. The summed E-state index contributed by atoms with van der Waals surface area (Å²) in [4.78, 5) is 0. The highest BCUT2D eigenvalue weighted by atomic mass is 32.2. The second-order valence-corrected chi connectivity index (χ2v) is 5.77. The fourth-order valence-electron chi connectivity index (χ4n) is 2.18. The first kappa shape index (κ1) is 12.4. The van der Waals surface area contributed by atoms with Gasteiger partial charge in [0.1, 0.15) is 0 Å². The van der Waals surface area contributed by atoms with E-state index < -0.39 is 0 Å². The van der Waals surface area contributed by atoms with Gasteiger partial charge in [-0.25, -0.2) is 0 Å². The third-order valence-electron chi connectivity index (χ3n) is 3.16. The molecule has 84 valence electrons. The van der Waals surface area contributed by atoms with Crippen LogP contribution in [-0.2, 0) is 0 Å². The van der Waals surface area contributed by atoms with Gasteiger partial charge >= 0.3 is 0 Å². The van der Waals surface area contributed by atoms with Gasteiger partial charge in [-0.3, -0.25) is 0 Å². The van der Waals surface area contributed by atoms with Crippen molar-refractivity contribution < 1.29 is 0 Å². The molecule has 1 atom stereocenters. The van der Waals surface area contributed by atoms with Crippen molar-refractivity contribution in [2.24, 2.45) is 11.7 Å². The second kappa shape index (κ2) is 7.58. The summed E-state index contributed by atoms with van der Waals surface area (Å²) >= 11 is 2.11. The van der Waals surface area contributed by atoms with Gasteiger partial charge in [-0.2, -0.15) is 11.8 Å². The summed E-state index contributed by atoms with van der Waals surface area (Å²) in [5.74, 6) is 3.67. The zero-order valence-corrected chi connectivity index (χ0v) is 10.3. The fourth-order valence-corrected chi connectivity index (χ4v) is 3.39. The van der Waals surface area contributed by atoms with Crippen molar-refractivity contribution in [2.75, 3.05) is 11.5 Å². The number of nitrogens with two attached hydrogens (primary N) is 1. The van der Waals surface area contributed by atoms with E-state index in [2.05, 4.69) is 18.7 Å². The minimum Gasteiger partial charge on any atom is -0.328 e. The molecule has 0 saturated carbocycles. The van der Waals surface area contributed by atoms with Crippen molar-refractivity contribution in [1.29, 1.82) is 0 Å². The molecule has 1 aliphatic heterocycles. The molecule has 0 amide bonds. The van der Waals surface area contributed by atoms with Gasteiger partial charge in [-0.05, 0) is 43.1 Å². The Bertz CT molecular complexity index is 132. The summed E-state index contributed by atoms with van der Waals surface area (Å²) in [5, 5.41) is 0. The van der Waals surface area contributed by atoms with Crippen LogP contribution < -0.4 is 5.73 Å². The lowest BCUT2D eigenvalue weighted by atomic mass is 9.92. The summed E-state index contributed by atoms with van der Waals surface area (Å²) in [6.45, 7) is 2.25. The van der Waals surface area contributed by atoms with Gasteiger partial charge in [-0.15, -0.1) is 0 Å². The number of rotatable bonds is 6. The first-order valence-electron chi connectivity index (χ1n) is 6.16. The molecule has 0 spiro atoms. The van der Waals surface area contributed by atoms with E-state index in [1.54, 1.807) is 0 Å². The van der Waals surface area contributed by atoms with E-state index in [4.69, 9.17) is 5.73 Å². The third kappa shape index (κ3) is 5.26. The first-order chi connectivity index (χ1) is 6.83. The lowest BCUT2D eigenvalue weighted by molar-refractivity contribution is 0.389. The van der Waals surface area contributed by atoms with Crippen LogP contribution in [0.1, 0.15) is 51.9 Å². The number of unbranched alkanes of at least 4 members (excludes halogenated alkanes) is 2. The molecule has 1 unspecified atom stereocenters. The molecule has 1 saturated heterocycles. The zero-order chi connectivity index (χ0) is 10.2. The van der Waals surface area contributed by atoms with Crippen LogP contribution in [0.5, 0.6) is 0 Å². The maximum atomic E-state index is 6.14. The Kier molecular flexibility index (Phi) is 6.70. The third-order valence-corrected chi connectivity index (χ3v) is 4.20. The van der Waals surface area contributed by atoms with E-state index in [1.165, 1.54) is 56.5 Å². The molecular formula is C12H25NS. The SMILES string of the molecule is CCCCCC(N)CC1CCSCC1. The summed E-state index contributed by atoms with van der Waals surface area (Å²) < 4.78 is 0. The van der Waals surface area contributed by atoms with Crippen molar-refractivity contribution >= 4 is 11.8 Å². The van der Waals surface area contributed by atoms with Crippen molar-refractivity contribution in [1.82, 2.24) is 0 Å². The zero-order valence-electron chi connectivity index (χ0n) is 9.50.